The lowest BCUT2D eigenvalue weighted by molar-refractivity contribution is 0.118. The molecule has 0 fully saturated rings. The van der Waals surface area contributed by atoms with Gasteiger partial charge in [0.25, 0.3) is 0 Å². The first-order chi connectivity index (χ1) is 12.2. The molecular weight excluding hydrogens is 348 g/mol. The Hall–Kier alpha value is -2.37. The van der Waals surface area contributed by atoms with Gasteiger partial charge >= 0.3 is 0 Å². The van der Waals surface area contributed by atoms with Crippen molar-refractivity contribution >= 4 is 33.7 Å². The highest BCUT2D eigenvalue weighted by Crippen LogP contribution is 2.30. The largest absolute Gasteiger partial charge is 0.368 e. The molecular formula is C20H21ClN4O. The van der Waals surface area contributed by atoms with E-state index in [1.807, 2.05) is 32.0 Å². The molecule has 0 saturated carbocycles. The van der Waals surface area contributed by atoms with Gasteiger partial charge in [-0.2, -0.15) is 0 Å². The Balaban J connectivity index is 1.70. The normalized spacial score (nSPS) is 14.2. The smallest absolute Gasteiger partial charge is 0.204 e. The molecule has 2 heterocycles. The number of fused-ring (bicyclic) bond motifs is 2. The molecule has 0 aliphatic rings. The number of H-pyrrole nitrogens is 2. The minimum Gasteiger partial charge on any atom is -0.368 e. The number of nitrogens with zero attached hydrogens (tertiary/aromatic N) is 2. The van der Waals surface area contributed by atoms with E-state index < -0.39 is 5.06 Å². The highest BCUT2D eigenvalue weighted by atomic mass is 35.5. The van der Waals surface area contributed by atoms with Crippen molar-refractivity contribution in [2.75, 3.05) is 0 Å². The fourth-order valence-electron chi connectivity index (χ4n) is 3.16. The van der Waals surface area contributed by atoms with E-state index in [2.05, 4.69) is 39.8 Å². The summed E-state index contributed by atoms with van der Waals surface area (Å²) in [5.41, 5.74) is 8.14. The number of imidazole rings is 2. The van der Waals surface area contributed by atoms with Crippen LogP contribution in [0.2, 0.25) is 0 Å². The summed E-state index contributed by atoms with van der Waals surface area (Å²) in [7, 11) is 0. The first-order valence-corrected chi connectivity index (χ1v) is 8.95. The van der Waals surface area contributed by atoms with Crippen molar-refractivity contribution in [3.63, 3.8) is 0 Å². The number of aliphatic hydroxyl groups is 1. The van der Waals surface area contributed by atoms with E-state index in [4.69, 9.17) is 11.6 Å². The average molecular weight is 369 g/mol. The fraction of sp³-hybridized carbons (Fsp3) is 0.300. The molecule has 5 nitrogen and oxygen atoms in total. The number of hydrogen-bond donors (Lipinski definition) is 3. The Labute approximate surface area is 156 Å². The molecule has 0 saturated heterocycles. The molecule has 4 rings (SSSR count). The summed E-state index contributed by atoms with van der Waals surface area (Å²) in [6.45, 7) is 8.19. The molecule has 2 aromatic heterocycles. The van der Waals surface area contributed by atoms with E-state index in [1.54, 1.807) is 0 Å². The number of halogens is 1. The summed E-state index contributed by atoms with van der Waals surface area (Å²) in [6, 6.07) is 8.09. The fourth-order valence-corrected chi connectivity index (χ4v) is 3.38. The second-order valence-electron chi connectivity index (χ2n) is 7.11. The number of aryl methyl sites for hydroxylation is 4. The van der Waals surface area contributed by atoms with Crippen molar-refractivity contribution < 1.29 is 5.11 Å². The van der Waals surface area contributed by atoms with Gasteiger partial charge in [0.2, 0.25) is 5.06 Å². The van der Waals surface area contributed by atoms with Crippen LogP contribution < -0.4 is 0 Å². The molecule has 2 aromatic carbocycles. The van der Waals surface area contributed by atoms with E-state index in [1.165, 1.54) is 11.1 Å². The van der Waals surface area contributed by atoms with Crippen molar-refractivity contribution in [1.29, 1.82) is 0 Å². The number of nitrogens with one attached hydrogen (secondary N) is 2. The van der Waals surface area contributed by atoms with Crippen LogP contribution in [0.1, 0.15) is 33.9 Å². The predicted octanol–water partition coefficient (Wildman–Crippen LogP) is 4.30. The second kappa shape index (κ2) is 5.83. The third-order valence-electron chi connectivity index (χ3n) is 5.01. The molecule has 0 aliphatic carbocycles. The molecule has 0 spiro atoms. The lowest BCUT2D eigenvalue weighted by Crippen LogP contribution is -2.23. The molecule has 6 heteroatoms. The maximum absolute atomic E-state index is 10.8. The van der Waals surface area contributed by atoms with Crippen LogP contribution in [0.15, 0.2) is 24.3 Å². The van der Waals surface area contributed by atoms with Gasteiger partial charge in [-0.05, 0) is 74.2 Å². The number of alkyl halides is 1. The molecule has 1 unspecified atom stereocenters. The first-order valence-electron chi connectivity index (χ1n) is 8.57. The molecule has 0 aliphatic heterocycles. The Morgan fingerprint density at radius 1 is 0.846 bits per heavy atom. The third kappa shape index (κ3) is 2.87. The lowest BCUT2D eigenvalue weighted by Gasteiger charge is -2.16. The minimum absolute atomic E-state index is 0.124. The Morgan fingerprint density at radius 3 is 1.96 bits per heavy atom. The monoisotopic (exact) mass is 368 g/mol. The number of rotatable bonds is 3. The van der Waals surface area contributed by atoms with Crippen molar-refractivity contribution in [2.45, 2.75) is 39.2 Å². The minimum atomic E-state index is -1.67. The zero-order valence-electron chi connectivity index (χ0n) is 15.2. The molecule has 1 atom stereocenters. The summed E-state index contributed by atoms with van der Waals surface area (Å²) in [4.78, 5) is 15.4. The predicted molar refractivity (Wildman–Crippen MR) is 105 cm³/mol. The summed E-state index contributed by atoms with van der Waals surface area (Å²) in [5.74, 6) is 0.947. The number of aromatic nitrogens is 4. The second-order valence-corrected chi connectivity index (χ2v) is 7.74. The number of hydrogen-bond acceptors (Lipinski definition) is 3. The molecule has 0 amide bonds. The highest BCUT2D eigenvalue weighted by molar-refractivity contribution is 6.22. The van der Waals surface area contributed by atoms with E-state index in [0.717, 1.165) is 33.2 Å². The number of aromatic amines is 2. The maximum Gasteiger partial charge on any atom is 0.204 e. The van der Waals surface area contributed by atoms with Gasteiger partial charge in [0, 0.05) is 0 Å². The first kappa shape index (κ1) is 17.1. The molecule has 3 N–H and O–H groups in total. The molecule has 0 bridgehead atoms. The molecule has 26 heavy (non-hydrogen) atoms. The molecule has 134 valence electrons. The van der Waals surface area contributed by atoms with Crippen LogP contribution in [-0.2, 0) is 11.5 Å². The Morgan fingerprint density at radius 2 is 1.35 bits per heavy atom. The maximum atomic E-state index is 10.8. The summed E-state index contributed by atoms with van der Waals surface area (Å²) >= 11 is 6.44. The zero-order chi connectivity index (χ0) is 18.6. The van der Waals surface area contributed by atoms with Crippen molar-refractivity contribution in [2.24, 2.45) is 0 Å². The summed E-state index contributed by atoms with van der Waals surface area (Å²) < 4.78 is 0. The van der Waals surface area contributed by atoms with Gasteiger partial charge in [-0.25, -0.2) is 9.97 Å². The summed E-state index contributed by atoms with van der Waals surface area (Å²) in [6.07, 6.45) is 0.124. The Bertz CT molecular complexity index is 1060. The van der Waals surface area contributed by atoms with Gasteiger partial charge < -0.3 is 15.1 Å². The van der Waals surface area contributed by atoms with Crippen LogP contribution in [-0.4, -0.2) is 25.0 Å². The van der Waals surface area contributed by atoms with Crippen LogP contribution in [0.25, 0.3) is 22.1 Å². The van der Waals surface area contributed by atoms with Crippen molar-refractivity contribution in [1.82, 2.24) is 19.9 Å². The van der Waals surface area contributed by atoms with Gasteiger partial charge in [0.05, 0.1) is 28.5 Å². The molecule has 0 radical (unpaired) electrons. The van der Waals surface area contributed by atoms with Gasteiger partial charge in [0.15, 0.2) is 5.82 Å². The SMILES string of the molecule is Cc1cc2nc(CC(O)(Cl)c3nc4cc(C)c(C)cc4[nH]3)[nH]c2cc1C. The molecule has 4 aromatic rings. The highest BCUT2D eigenvalue weighted by Gasteiger charge is 2.32. The zero-order valence-corrected chi connectivity index (χ0v) is 16.0. The van der Waals surface area contributed by atoms with Crippen LogP contribution in [0, 0.1) is 27.7 Å². The lowest BCUT2D eigenvalue weighted by atomic mass is 10.1. The van der Waals surface area contributed by atoms with Crippen molar-refractivity contribution in [3.8, 4) is 0 Å². The average Bonchev–Trinajstić information content (AvgIpc) is 3.11. The topological polar surface area (TPSA) is 77.6 Å². The van der Waals surface area contributed by atoms with Gasteiger partial charge in [-0.15, -0.1) is 0 Å². The van der Waals surface area contributed by atoms with Gasteiger partial charge in [0.1, 0.15) is 5.82 Å². The van der Waals surface area contributed by atoms with E-state index in [0.29, 0.717) is 11.6 Å². The standard InChI is InChI=1S/C20H21ClN4O/c1-10-5-14-15(6-11(10)2)23-18(22-14)9-20(21,26)19-24-16-7-12(3)13(4)8-17(16)25-19/h5-8,26H,9H2,1-4H3,(H,22,23)(H,24,25). The van der Waals surface area contributed by atoms with E-state index >= 15 is 0 Å². The van der Waals surface area contributed by atoms with Crippen LogP contribution in [0.4, 0.5) is 0 Å². The van der Waals surface area contributed by atoms with Crippen molar-refractivity contribution in [3.05, 3.63) is 58.2 Å². The summed E-state index contributed by atoms with van der Waals surface area (Å²) in [5, 5.41) is 9.16. The quantitative estimate of drug-likeness (QED) is 0.472. The van der Waals surface area contributed by atoms with E-state index in [9.17, 15) is 5.11 Å². The Kier molecular flexibility index (Phi) is 3.82. The van der Waals surface area contributed by atoms with Crippen LogP contribution in [0.5, 0.6) is 0 Å². The van der Waals surface area contributed by atoms with Crippen LogP contribution >= 0.6 is 11.6 Å². The van der Waals surface area contributed by atoms with Gasteiger partial charge in [-0.1, -0.05) is 11.6 Å². The van der Waals surface area contributed by atoms with Crippen LogP contribution in [0.3, 0.4) is 0 Å². The third-order valence-corrected chi connectivity index (χ3v) is 5.32. The number of benzene rings is 2. The van der Waals surface area contributed by atoms with E-state index in [-0.39, 0.29) is 6.42 Å². The van der Waals surface area contributed by atoms with Gasteiger partial charge in [-0.3, -0.25) is 0 Å².